The molecule has 0 rings (SSSR count). The van der Waals surface area contributed by atoms with Crippen molar-refractivity contribution >= 4 is 37.7 Å². The van der Waals surface area contributed by atoms with Crippen LogP contribution in [-0.4, -0.2) is 37.7 Å². The van der Waals surface area contributed by atoms with Crippen LogP contribution in [0, 0.1) is 0 Å². The van der Waals surface area contributed by atoms with Crippen LogP contribution in [-0.2, 0) is 0 Å². The fraction of sp³-hybridized carbons (Fsp3) is 0. The topological polar surface area (TPSA) is 0 Å². The first kappa shape index (κ1) is 63.5. The van der Waals surface area contributed by atoms with Gasteiger partial charge in [0.05, 0.1) is 0 Å². The van der Waals surface area contributed by atoms with Crippen LogP contribution >= 0.6 is 0 Å². The van der Waals surface area contributed by atoms with Gasteiger partial charge in [0.15, 0.2) is 0 Å². The SMILES string of the molecule is [Ca+2].[Cl-].[Cl-].[Cl-].[Cl-].[Na+].[Na+]. The molecule has 0 amide bonds. The van der Waals surface area contributed by atoms with Gasteiger partial charge in [-0.2, -0.15) is 0 Å². The van der Waals surface area contributed by atoms with Crippen LogP contribution in [0.1, 0.15) is 0 Å². The standard InChI is InChI=1S/Ca.4ClH.2Na/h;4*1H;;/q+2;;;;;2*+1/p-4. The molecule has 7 heteroatoms. The van der Waals surface area contributed by atoms with E-state index in [4.69, 9.17) is 0 Å². The quantitative estimate of drug-likeness (QED) is 0.361. The van der Waals surface area contributed by atoms with Crippen LogP contribution in [0.5, 0.6) is 0 Å². The van der Waals surface area contributed by atoms with E-state index in [0.29, 0.717) is 0 Å². The summed E-state index contributed by atoms with van der Waals surface area (Å²) in [5.41, 5.74) is 0. The van der Waals surface area contributed by atoms with E-state index in [1.807, 2.05) is 0 Å². The summed E-state index contributed by atoms with van der Waals surface area (Å²) in [5.74, 6) is 0. The molecule has 7 heavy (non-hydrogen) atoms. The minimum Gasteiger partial charge on any atom is -1.00 e. The Bertz CT molecular complexity index is 9.65. The van der Waals surface area contributed by atoms with Gasteiger partial charge < -0.3 is 49.6 Å². The van der Waals surface area contributed by atoms with Crippen LogP contribution in [0.2, 0.25) is 0 Å². The summed E-state index contributed by atoms with van der Waals surface area (Å²) >= 11 is 0. The molecule has 0 aliphatic rings. The molecule has 0 heterocycles. The molecule has 0 unspecified atom stereocenters. The first-order chi connectivity index (χ1) is 0. The predicted octanol–water partition coefficient (Wildman–Crippen LogP) is -18.4. The summed E-state index contributed by atoms with van der Waals surface area (Å²) in [7, 11) is 0. The second kappa shape index (κ2) is 47.3. The molecule has 0 aromatic heterocycles. The van der Waals surface area contributed by atoms with Crippen LogP contribution in [0.15, 0.2) is 0 Å². The molecular formula is CaCl4Na2. The Labute approximate surface area is 143 Å². The van der Waals surface area contributed by atoms with Gasteiger partial charge in [0.2, 0.25) is 0 Å². The van der Waals surface area contributed by atoms with E-state index in [9.17, 15) is 0 Å². The fourth-order valence-corrected chi connectivity index (χ4v) is 0. The van der Waals surface area contributed by atoms with E-state index < -0.39 is 0 Å². The monoisotopic (exact) mass is 226 g/mol. The van der Waals surface area contributed by atoms with Gasteiger partial charge >= 0.3 is 96.9 Å². The van der Waals surface area contributed by atoms with Gasteiger partial charge in [-0.15, -0.1) is 0 Å². The third kappa shape index (κ3) is 37.8. The van der Waals surface area contributed by atoms with Crippen molar-refractivity contribution in [2.24, 2.45) is 0 Å². The van der Waals surface area contributed by atoms with Gasteiger partial charge in [-0.1, -0.05) is 0 Å². The molecule has 0 saturated heterocycles. The Morgan fingerprint density at radius 3 is 0.429 bits per heavy atom. The van der Waals surface area contributed by atoms with Gasteiger partial charge in [0.25, 0.3) is 0 Å². The summed E-state index contributed by atoms with van der Waals surface area (Å²) in [6.45, 7) is 0. The summed E-state index contributed by atoms with van der Waals surface area (Å²) in [6.07, 6.45) is 0. The number of hydrogen-bond donors (Lipinski definition) is 0. The Hall–Kier alpha value is 4.42. The van der Waals surface area contributed by atoms with E-state index in [1.54, 1.807) is 0 Å². The molecule has 0 fully saturated rings. The second-order valence-electron chi connectivity index (χ2n) is 0. The largest absolute Gasteiger partial charge is 2.00 e. The Morgan fingerprint density at radius 1 is 0.429 bits per heavy atom. The smallest absolute Gasteiger partial charge is 1.00 e. The molecule has 0 spiro atoms. The Morgan fingerprint density at radius 2 is 0.429 bits per heavy atom. The first-order valence-corrected chi connectivity index (χ1v) is 0. The van der Waals surface area contributed by atoms with E-state index >= 15 is 0 Å². The minimum atomic E-state index is 0. The molecule has 0 aliphatic heterocycles. The molecule has 0 aliphatic carbocycles. The van der Waals surface area contributed by atoms with Crippen LogP contribution < -0.4 is 109 Å². The number of rotatable bonds is 0. The van der Waals surface area contributed by atoms with Crippen molar-refractivity contribution in [3.8, 4) is 0 Å². The summed E-state index contributed by atoms with van der Waals surface area (Å²) < 4.78 is 0. The van der Waals surface area contributed by atoms with Crippen molar-refractivity contribution in [2.45, 2.75) is 0 Å². The maximum absolute atomic E-state index is 0. The summed E-state index contributed by atoms with van der Waals surface area (Å²) in [4.78, 5) is 0. The molecule has 0 aromatic rings. The third-order valence-electron chi connectivity index (χ3n) is 0. The molecule has 32 valence electrons. The van der Waals surface area contributed by atoms with Gasteiger partial charge in [0.1, 0.15) is 0 Å². The average molecular weight is 228 g/mol. The summed E-state index contributed by atoms with van der Waals surface area (Å²) in [6, 6.07) is 0. The van der Waals surface area contributed by atoms with Crippen molar-refractivity contribution in [3.05, 3.63) is 0 Å². The minimum absolute atomic E-state index is 0. The zero-order chi connectivity index (χ0) is 0. The maximum atomic E-state index is 0. The van der Waals surface area contributed by atoms with Gasteiger partial charge in [0, 0.05) is 0 Å². The van der Waals surface area contributed by atoms with Crippen LogP contribution in [0.4, 0.5) is 0 Å². The molecule has 0 atom stereocenters. The molecule has 0 nitrogen and oxygen atoms in total. The van der Waals surface area contributed by atoms with Crippen LogP contribution in [0.3, 0.4) is 0 Å². The average Bonchev–Trinajstić information content (AvgIpc) is 0. The predicted molar refractivity (Wildman–Crippen MR) is 5.75 cm³/mol. The van der Waals surface area contributed by atoms with Crippen molar-refractivity contribution in [3.63, 3.8) is 0 Å². The second-order valence-corrected chi connectivity index (χ2v) is 0. The molecule has 0 saturated carbocycles. The Balaban J connectivity index is 0. The third-order valence-corrected chi connectivity index (χ3v) is 0. The molecule has 0 N–H and O–H groups in total. The summed E-state index contributed by atoms with van der Waals surface area (Å²) in [5, 5.41) is 0. The normalized spacial score (nSPS) is 0. The number of hydrogen-bond acceptors (Lipinski definition) is 0. The zero-order valence-corrected chi connectivity index (χ0v) is 13.5. The fourth-order valence-electron chi connectivity index (χ4n) is 0. The van der Waals surface area contributed by atoms with E-state index in [1.165, 1.54) is 0 Å². The molecular weight excluding hydrogens is 228 g/mol. The van der Waals surface area contributed by atoms with Gasteiger partial charge in [-0.05, 0) is 0 Å². The van der Waals surface area contributed by atoms with Crippen molar-refractivity contribution in [2.75, 3.05) is 0 Å². The zero-order valence-electron chi connectivity index (χ0n) is 4.22. The molecule has 0 radical (unpaired) electrons. The molecule has 0 aromatic carbocycles. The first-order valence-electron chi connectivity index (χ1n) is 0. The van der Waals surface area contributed by atoms with Crippen molar-refractivity contribution in [1.29, 1.82) is 0 Å². The van der Waals surface area contributed by atoms with Crippen molar-refractivity contribution < 1.29 is 109 Å². The van der Waals surface area contributed by atoms with E-state index in [2.05, 4.69) is 0 Å². The maximum Gasteiger partial charge on any atom is 2.00 e. The number of halogens is 4. The van der Waals surface area contributed by atoms with E-state index in [0.717, 1.165) is 0 Å². The Kier molecular flexibility index (Phi) is 429. The van der Waals surface area contributed by atoms with Gasteiger partial charge in [-0.3, -0.25) is 0 Å². The van der Waals surface area contributed by atoms with E-state index in [-0.39, 0.29) is 146 Å². The van der Waals surface area contributed by atoms with Crippen LogP contribution in [0.25, 0.3) is 0 Å². The molecule has 0 bridgehead atoms. The van der Waals surface area contributed by atoms with Crippen molar-refractivity contribution in [1.82, 2.24) is 0 Å². The van der Waals surface area contributed by atoms with Gasteiger partial charge in [-0.25, -0.2) is 0 Å².